The van der Waals surface area contributed by atoms with Crippen LogP contribution >= 0.6 is 0 Å². The van der Waals surface area contributed by atoms with Crippen LogP contribution in [0.4, 0.5) is 4.39 Å². The minimum atomic E-state index is -0.605. The molecule has 0 fully saturated rings. The summed E-state index contributed by atoms with van der Waals surface area (Å²) in [6, 6.07) is 21.3. The Morgan fingerprint density at radius 1 is 0.926 bits per heavy atom. The van der Waals surface area contributed by atoms with E-state index in [2.05, 4.69) is 0 Å². The van der Waals surface area contributed by atoms with Crippen molar-refractivity contribution in [3.05, 3.63) is 106 Å². The largest absolute Gasteiger partial charge is 0.618 e. The van der Waals surface area contributed by atoms with Crippen LogP contribution in [0.1, 0.15) is 5.56 Å². The molecule has 0 aliphatic heterocycles. The Kier molecular flexibility index (Phi) is 4.30. The number of benzene rings is 3. The zero-order valence-electron chi connectivity index (χ0n) is 14.2. The summed E-state index contributed by atoms with van der Waals surface area (Å²) in [6.07, 6.45) is 0. The Balaban J connectivity index is 1.89. The van der Waals surface area contributed by atoms with Crippen LogP contribution < -0.4 is 15.1 Å². The third-order valence-electron chi connectivity index (χ3n) is 4.23. The first-order valence-corrected chi connectivity index (χ1v) is 8.35. The first kappa shape index (κ1) is 16.8. The number of halogens is 1. The molecule has 0 atom stereocenters. The molecule has 0 aliphatic rings. The van der Waals surface area contributed by atoms with Gasteiger partial charge in [0.15, 0.2) is 5.52 Å². The Labute approximate surface area is 154 Å². The molecular formula is C21H15FN2O3. The van der Waals surface area contributed by atoms with Crippen LogP contribution in [0.3, 0.4) is 0 Å². The monoisotopic (exact) mass is 362 g/mol. The van der Waals surface area contributed by atoms with E-state index in [9.17, 15) is 14.4 Å². The van der Waals surface area contributed by atoms with Gasteiger partial charge >= 0.3 is 5.56 Å². The Hall–Kier alpha value is -3.67. The number of hydrogen-bond acceptors (Lipinski definition) is 3. The molecular weight excluding hydrogens is 347 g/mol. The van der Waals surface area contributed by atoms with Gasteiger partial charge in [0.1, 0.15) is 12.4 Å². The molecule has 0 amide bonds. The molecule has 0 bridgehead atoms. The highest BCUT2D eigenvalue weighted by Crippen LogP contribution is 2.16. The highest BCUT2D eigenvalue weighted by molar-refractivity contribution is 5.73. The van der Waals surface area contributed by atoms with Crippen LogP contribution in [0, 0.1) is 11.0 Å². The molecule has 0 N–H and O–H groups in total. The second-order valence-electron chi connectivity index (χ2n) is 6.00. The Morgan fingerprint density at radius 3 is 2.33 bits per heavy atom. The number of fused-ring (bicyclic) bond motifs is 1. The maximum Gasteiger partial charge on any atom is 0.357 e. The first-order chi connectivity index (χ1) is 13.1. The van der Waals surface area contributed by atoms with E-state index >= 15 is 0 Å². The SMILES string of the molecule is O=c1c(-c2ccc(F)cc2)[n+]([O-])c2ccccc2n1OCc1ccccc1. The lowest BCUT2D eigenvalue weighted by atomic mass is 10.1. The lowest BCUT2D eigenvalue weighted by molar-refractivity contribution is -0.566. The topological polar surface area (TPSA) is 58.2 Å². The van der Waals surface area contributed by atoms with E-state index in [1.807, 2.05) is 30.3 Å². The fourth-order valence-electron chi connectivity index (χ4n) is 2.91. The van der Waals surface area contributed by atoms with Gasteiger partial charge in [0.2, 0.25) is 5.52 Å². The standard InChI is InChI=1S/C21H15FN2O3/c22-17-12-10-16(11-13-17)20-21(25)24(27-14-15-6-2-1-3-7-15)19-9-5-4-8-18(19)23(20)26/h1-13H,14H2. The fourth-order valence-corrected chi connectivity index (χ4v) is 2.91. The van der Waals surface area contributed by atoms with E-state index in [-0.39, 0.29) is 17.8 Å². The minimum Gasteiger partial charge on any atom is -0.618 e. The molecule has 0 unspecified atom stereocenters. The molecule has 0 aliphatic carbocycles. The second kappa shape index (κ2) is 6.92. The van der Waals surface area contributed by atoms with Gasteiger partial charge < -0.3 is 10.0 Å². The van der Waals surface area contributed by atoms with Gasteiger partial charge in [-0.15, -0.1) is 4.73 Å². The molecule has 6 heteroatoms. The summed E-state index contributed by atoms with van der Waals surface area (Å²) in [6.45, 7) is 0.163. The maximum atomic E-state index is 13.3. The molecule has 0 saturated carbocycles. The number of para-hydroxylation sites is 2. The van der Waals surface area contributed by atoms with Gasteiger partial charge in [-0.05, 0) is 35.9 Å². The van der Waals surface area contributed by atoms with E-state index in [1.165, 1.54) is 24.3 Å². The molecule has 27 heavy (non-hydrogen) atoms. The predicted molar refractivity (Wildman–Crippen MR) is 99.3 cm³/mol. The lowest BCUT2D eigenvalue weighted by Crippen LogP contribution is -2.42. The zero-order valence-corrected chi connectivity index (χ0v) is 14.2. The highest BCUT2D eigenvalue weighted by Gasteiger charge is 2.23. The van der Waals surface area contributed by atoms with Crippen LogP contribution in [0.15, 0.2) is 83.7 Å². The van der Waals surface area contributed by atoms with E-state index in [4.69, 9.17) is 4.84 Å². The number of rotatable bonds is 4. The maximum absolute atomic E-state index is 13.3. The summed E-state index contributed by atoms with van der Waals surface area (Å²) in [7, 11) is 0. The van der Waals surface area contributed by atoms with E-state index in [1.54, 1.807) is 24.3 Å². The minimum absolute atomic E-state index is 0.123. The summed E-state index contributed by atoms with van der Waals surface area (Å²) in [4.78, 5) is 18.8. The van der Waals surface area contributed by atoms with Crippen LogP contribution in [0.5, 0.6) is 0 Å². The third-order valence-corrected chi connectivity index (χ3v) is 4.23. The zero-order chi connectivity index (χ0) is 18.8. The van der Waals surface area contributed by atoms with Gasteiger partial charge in [-0.3, -0.25) is 4.79 Å². The molecule has 0 spiro atoms. The third kappa shape index (κ3) is 3.13. The van der Waals surface area contributed by atoms with Crippen LogP contribution in [0.25, 0.3) is 22.3 Å². The van der Waals surface area contributed by atoms with Gasteiger partial charge in [0, 0.05) is 6.07 Å². The average Bonchev–Trinajstić information content (AvgIpc) is 2.70. The van der Waals surface area contributed by atoms with Crippen LogP contribution in [-0.2, 0) is 6.61 Å². The lowest BCUT2D eigenvalue weighted by Gasteiger charge is -2.14. The molecule has 134 valence electrons. The van der Waals surface area contributed by atoms with Gasteiger partial charge in [-0.25, -0.2) is 4.39 Å². The molecule has 0 radical (unpaired) electrons. The van der Waals surface area contributed by atoms with Crippen molar-refractivity contribution in [3.63, 3.8) is 0 Å². The van der Waals surface area contributed by atoms with Crippen molar-refractivity contribution in [3.8, 4) is 11.3 Å². The fraction of sp³-hybridized carbons (Fsp3) is 0.0476. The quantitative estimate of drug-likeness (QED) is 0.414. The van der Waals surface area contributed by atoms with E-state index < -0.39 is 11.4 Å². The molecule has 3 aromatic carbocycles. The van der Waals surface area contributed by atoms with Crippen molar-refractivity contribution in [2.75, 3.05) is 0 Å². The molecule has 0 saturated heterocycles. The number of aromatic nitrogens is 2. The molecule has 1 heterocycles. The summed E-state index contributed by atoms with van der Waals surface area (Å²) in [5.74, 6) is -0.447. The van der Waals surface area contributed by atoms with Crippen molar-refractivity contribution in [1.29, 1.82) is 0 Å². The summed E-state index contributed by atoms with van der Waals surface area (Å²) >= 11 is 0. The summed E-state index contributed by atoms with van der Waals surface area (Å²) in [5, 5.41) is 12.8. The van der Waals surface area contributed by atoms with Crippen LogP contribution in [0.2, 0.25) is 0 Å². The van der Waals surface area contributed by atoms with Crippen molar-refractivity contribution >= 4 is 11.0 Å². The average molecular weight is 362 g/mol. The number of nitrogens with zero attached hydrogens (tertiary/aromatic N) is 2. The highest BCUT2D eigenvalue weighted by atomic mass is 19.1. The molecule has 5 nitrogen and oxygen atoms in total. The summed E-state index contributed by atoms with van der Waals surface area (Å²) < 4.78 is 14.9. The van der Waals surface area contributed by atoms with Gasteiger partial charge in [0.25, 0.3) is 5.69 Å². The van der Waals surface area contributed by atoms with Gasteiger partial charge in [0.05, 0.1) is 5.56 Å². The van der Waals surface area contributed by atoms with Crippen molar-refractivity contribution < 1.29 is 14.0 Å². The molecule has 1 aromatic heterocycles. The normalized spacial score (nSPS) is 10.9. The van der Waals surface area contributed by atoms with Crippen molar-refractivity contribution in [2.45, 2.75) is 6.61 Å². The summed E-state index contributed by atoms with van der Waals surface area (Å²) in [5.41, 5.74) is 1.12. The second-order valence-corrected chi connectivity index (χ2v) is 6.00. The van der Waals surface area contributed by atoms with Gasteiger partial charge in [-0.2, -0.15) is 4.73 Å². The molecule has 4 aromatic rings. The van der Waals surface area contributed by atoms with E-state index in [0.29, 0.717) is 15.8 Å². The number of hydrogen-bond donors (Lipinski definition) is 0. The van der Waals surface area contributed by atoms with Gasteiger partial charge in [-0.1, -0.05) is 42.5 Å². The van der Waals surface area contributed by atoms with Crippen molar-refractivity contribution in [1.82, 2.24) is 4.73 Å². The smallest absolute Gasteiger partial charge is 0.357 e. The Bertz CT molecular complexity index is 1160. The predicted octanol–water partition coefficient (Wildman–Crippen LogP) is 3.07. The van der Waals surface area contributed by atoms with E-state index in [0.717, 1.165) is 10.3 Å². The Morgan fingerprint density at radius 2 is 1.59 bits per heavy atom. The van der Waals surface area contributed by atoms with Crippen molar-refractivity contribution in [2.24, 2.45) is 0 Å². The first-order valence-electron chi connectivity index (χ1n) is 8.35. The van der Waals surface area contributed by atoms with Crippen LogP contribution in [-0.4, -0.2) is 4.73 Å². The molecule has 4 rings (SSSR count).